The lowest BCUT2D eigenvalue weighted by Gasteiger charge is -2.06. The number of rotatable bonds is 5. The van der Waals surface area contributed by atoms with Crippen molar-refractivity contribution in [3.05, 3.63) is 86.9 Å². The van der Waals surface area contributed by atoms with Crippen molar-refractivity contribution in [1.82, 2.24) is 19.9 Å². The lowest BCUT2D eigenvalue weighted by Crippen LogP contribution is -2.23. The molecule has 2 aromatic heterocycles. The quantitative estimate of drug-likeness (QED) is 0.465. The molecule has 4 aromatic rings. The van der Waals surface area contributed by atoms with Gasteiger partial charge in [0.05, 0.1) is 5.69 Å². The summed E-state index contributed by atoms with van der Waals surface area (Å²) in [6, 6.07) is 19.0. The fourth-order valence-corrected chi connectivity index (χ4v) is 3.06. The van der Waals surface area contributed by atoms with Crippen molar-refractivity contribution < 1.29 is 4.52 Å². The topological polar surface area (TPSA) is 73.8 Å². The maximum atomic E-state index is 12.2. The first-order valence-electron chi connectivity index (χ1n) is 8.88. The van der Waals surface area contributed by atoms with Gasteiger partial charge in [0.15, 0.2) is 0 Å². The average molecular weight is 437 g/mol. The first-order valence-corrected chi connectivity index (χ1v) is 9.67. The number of nitrogens with zero attached hydrogens (tertiary/aromatic N) is 4. The summed E-state index contributed by atoms with van der Waals surface area (Å²) < 4.78 is 7.62. The van der Waals surface area contributed by atoms with E-state index in [-0.39, 0.29) is 12.1 Å². The van der Waals surface area contributed by atoms with E-state index in [2.05, 4.69) is 50.2 Å². The molecule has 0 unspecified atom stereocenters. The summed E-state index contributed by atoms with van der Waals surface area (Å²) in [5.41, 5.74) is 3.53. The maximum absolute atomic E-state index is 12.2. The van der Waals surface area contributed by atoms with E-state index in [0.717, 1.165) is 27.7 Å². The number of benzene rings is 2. The van der Waals surface area contributed by atoms with Crippen LogP contribution in [-0.4, -0.2) is 19.9 Å². The van der Waals surface area contributed by atoms with Gasteiger partial charge in [0.25, 0.3) is 5.56 Å². The largest absolute Gasteiger partial charge is 0.337 e. The maximum Gasteiger partial charge on any atom is 0.267 e. The Labute approximate surface area is 170 Å². The molecule has 0 bridgehead atoms. The van der Waals surface area contributed by atoms with Crippen molar-refractivity contribution in [2.75, 3.05) is 0 Å². The standard InChI is InChI=1S/C21H17BrN4O2/c1-2-14-3-5-15(6-4-14)18-11-12-20(27)26(24-18)13-19-23-21(25-28-19)16-7-9-17(22)10-8-16/h3-12H,2,13H2,1H3. The molecule has 2 heterocycles. The SMILES string of the molecule is CCc1ccc(-c2ccc(=O)n(Cc3nc(-c4ccc(Br)cc4)no3)n2)cc1. The molecule has 0 N–H and O–H groups in total. The highest BCUT2D eigenvalue weighted by atomic mass is 79.9. The third-order valence-electron chi connectivity index (χ3n) is 4.38. The zero-order chi connectivity index (χ0) is 19.5. The molecule has 0 saturated carbocycles. The molecule has 2 aromatic carbocycles. The fourth-order valence-electron chi connectivity index (χ4n) is 2.79. The molecule has 4 rings (SSSR count). The summed E-state index contributed by atoms with van der Waals surface area (Å²) in [5.74, 6) is 0.799. The van der Waals surface area contributed by atoms with Crippen LogP contribution in [0.1, 0.15) is 18.4 Å². The zero-order valence-electron chi connectivity index (χ0n) is 15.2. The fraction of sp³-hybridized carbons (Fsp3) is 0.143. The minimum Gasteiger partial charge on any atom is -0.337 e. The molecule has 0 aliphatic heterocycles. The second-order valence-electron chi connectivity index (χ2n) is 6.28. The van der Waals surface area contributed by atoms with Crippen LogP contribution in [-0.2, 0) is 13.0 Å². The van der Waals surface area contributed by atoms with E-state index in [1.165, 1.54) is 16.3 Å². The first-order chi connectivity index (χ1) is 13.6. The highest BCUT2D eigenvalue weighted by molar-refractivity contribution is 9.10. The molecule has 6 nitrogen and oxygen atoms in total. The van der Waals surface area contributed by atoms with Crippen LogP contribution in [0.15, 0.2) is 74.5 Å². The lowest BCUT2D eigenvalue weighted by atomic mass is 10.1. The van der Waals surface area contributed by atoms with Crippen molar-refractivity contribution >= 4 is 15.9 Å². The Balaban J connectivity index is 1.59. The van der Waals surface area contributed by atoms with Gasteiger partial charge in [-0.1, -0.05) is 52.3 Å². The van der Waals surface area contributed by atoms with Gasteiger partial charge in [-0.05, 0) is 42.3 Å². The highest BCUT2D eigenvalue weighted by Gasteiger charge is 2.11. The van der Waals surface area contributed by atoms with Crippen LogP contribution in [0.2, 0.25) is 0 Å². The summed E-state index contributed by atoms with van der Waals surface area (Å²) in [4.78, 5) is 16.6. The van der Waals surface area contributed by atoms with Gasteiger partial charge in [-0.15, -0.1) is 0 Å². The van der Waals surface area contributed by atoms with E-state index >= 15 is 0 Å². The van der Waals surface area contributed by atoms with E-state index in [9.17, 15) is 4.79 Å². The van der Waals surface area contributed by atoms with Gasteiger partial charge in [-0.25, -0.2) is 4.68 Å². The minimum atomic E-state index is -0.225. The number of halogens is 1. The van der Waals surface area contributed by atoms with Crippen molar-refractivity contribution in [1.29, 1.82) is 0 Å². The average Bonchev–Trinajstić information content (AvgIpc) is 3.19. The Morgan fingerprint density at radius 1 is 0.964 bits per heavy atom. The van der Waals surface area contributed by atoms with Crippen molar-refractivity contribution in [3.8, 4) is 22.6 Å². The Hall–Kier alpha value is -3.06. The molecule has 0 radical (unpaired) electrons. The smallest absolute Gasteiger partial charge is 0.267 e. The molecule has 0 spiro atoms. The van der Waals surface area contributed by atoms with Crippen LogP contribution >= 0.6 is 15.9 Å². The van der Waals surface area contributed by atoms with Crippen molar-refractivity contribution in [2.45, 2.75) is 19.9 Å². The van der Waals surface area contributed by atoms with Crippen molar-refractivity contribution in [3.63, 3.8) is 0 Å². The van der Waals surface area contributed by atoms with Crippen LogP contribution in [0.4, 0.5) is 0 Å². The van der Waals surface area contributed by atoms with Crippen LogP contribution in [0, 0.1) is 0 Å². The van der Waals surface area contributed by atoms with Crippen molar-refractivity contribution in [2.24, 2.45) is 0 Å². The summed E-state index contributed by atoms with van der Waals surface area (Å²) in [6.45, 7) is 2.23. The van der Waals surface area contributed by atoms with E-state index in [0.29, 0.717) is 11.7 Å². The second kappa shape index (κ2) is 7.90. The van der Waals surface area contributed by atoms with Gasteiger partial charge < -0.3 is 4.52 Å². The lowest BCUT2D eigenvalue weighted by molar-refractivity contribution is 0.363. The third kappa shape index (κ3) is 3.94. The monoisotopic (exact) mass is 436 g/mol. The molecule has 7 heteroatoms. The number of aromatic nitrogens is 4. The summed E-state index contributed by atoms with van der Waals surface area (Å²) in [5, 5.41) is 8.45. The first kappa shape index (κ1) is 18.3. The molecule has 0 atom stereocenters. The molecule has 140 valence electrons. The molecular weight excluding hydrogens is 420 g/mol. The third-order valence-corrected chi connectivity index (χ3v) is 4.91. The minimum absolute atomic E-state index is 0.114. The van der Waals surface area contributed by atoms with E-state index in [4.69, 9.17) is 4.52 Å². The molecule has 0 aliphatic carbocycles. The van der Waals surface area contributed by atoms with Gasteiger partial charge in [0.2, 0.25) is 11.7 Å². The van der Waals surface area contributed by atoms with E-state index in [1.807, 2.05) is 36.4 Å². The van der Waals surface area contributed by atoms with Crippen LogP contribution in [0.5, 0.6) is 0 Å². The van der Waals surface area contributed by atoms with Gasteiger partial charge in [0.1, 0.15) is 6.54 Å². The normalized spacial score (nSPS) is 10.9. The van der Waals surface area contributed by atoms with Gasteiger partial charge in [0, 0.05) is 21.7 Å². The van der Waals surface area contributed by atoms with Crippen LogP contribution in [0.3, 0.4) is 0 Å². The van der Waals surface area contributed by atoms with Crippen LogP contribution < -0.4 is 5.56 Å². The highest BCUT2D eigenvalue weighted by Crippen LogP contribution is 2.20. The molecular formula is C21H17BrN4O2. The number of hydrogen-bond donors (Lipinski definition) is 0. The van der Waals surface area contributed by atoms with E-state index < -0.39 is 0 Å². The summed E-state index contributed by atoms with van der Waals surface area (Å²) in [6.07, 6.45) is 0.977. The predicted octanol–water partition coefficient (Wildman–Crippen LogP) is 4.33. The molecule has 0 amide bonds. The zero-order valence-corrected chi connectivity index (χ0v) is 16.8. The van der Waals surface area contributed by atoms with Gasteiger partial charge >= 0.3 is 0 Å². The van der Waals surface area contributed by atoms with Crippen LogP contribution in [0.25, 0.3) is 22.6 Å². The van der Waals surface area contributed by atoms with E-state index in [1.54, 1.807) is 6.07 Å². The second-order valence-corrected chi connectivity index (χ2v) is 7.20. The molecule has 0 fully saturated rings. The molecule has 28 heavy (non-hydrogen) atoms. The Bertz CT molecular complexity index is 1150. The number of hydrogen-bond acceptors (Lipinski definition) is 5. The predicted molar refractivity (Wildman–Crippen MR) is 110 cm³/mol. The number of aryl methyl sites for hydroxylation is 1. The Kier molecular flexibility index (Phi) is 5.16. The Morgan fingerprint density at radius 2 is 1.68 bits per heavy atom. The Morgan fingerprint density at radius 3 is 2.39 bits per heavy atom. The van der Waals surface area contributed by atoms with Gasteiger partial charge in [-0.3, -0.25) is 4.79 Å². The molecule has 0 aliphatic rings. The van der Waals surface area contributed by atoms with Gasteiger partial charge in [-0.2, -0.15) is 10.1 Å². The summed E-state index contributed by atoms with van der Waals surface area (Å²) in [7, 11) is 0. The summed E-state index contributed by atoms with van der Waals surface area (Å²) >= 11 is 3.40. The molecule has 0 saturated heterocycles.